The zero-order chi connectivity index (χ0) is 22.2. The van der Waals surface area contributed by atoms with E-state index in [0.29, 0.717) is 0 Å². The quantitative estimate of drug-likeness (QED) is 0.595. The third kappa shape index (κ3) is 4.98. The van der Waals surface area contributed by atoms with Gasteiger partial charge in [0.25, 0.3) is 0 Å². The molecule has 8 heteroatoms. The fourth-order valence-electron chi connectivity index (χ4n) is 3.42. The minimum Gasteiger partial charge on any atom is -0.497 e. The number of benzene rings is 1. The van der Waals surface area contributed by atoms with Crippen LogP contribution in [-0.4, -0.2) is 54.3 Å². The fraction of sp³-hybridized carbons (Fsp3) is 0.591. The zero-order valence-electron chi connectivity index (χ0n) is 19.3. The van der Waals surface area contributed by atoms with Crippen LogP contribution in [0.25, 0.3) is 10.9 Å². The SMILES string of the molecule is COc1ccc2c(OC3CCN(S(C)(=O)=N[Si](C)(C)C(C)(C)C)CC3)ccnc2c1. The predicted molar refractivity (Wildman–Crippen MR) is 127 cm³/mol. The highest BCUT2D eigenvalue weighted by Gasteiger charge is 2.38. The Morgan fingerprint density at radius 3 is 2.47 bits per heavy atom. The summed E-state index contributed by atoms with van der Waals surface area (Å²) in [5, 5.41) is 1.06. The summed E-state index contributed by atoms with van der Waals surface area (Å²) >= 11 is 0. The average Bonchev–Trinajstić information content (AvgIpc) is 2.66. The van der Waals surface area contributed by atoms with Gasteiger partial charge in [-0.05, 0) is 49.2 Å². The van der Waals surface area contributed by atoms with Gasteiger partial charge in [0.15, 0.2) is 8.24 Å². The van der Waals surface area contributed by atoms with E-state index in [1.165, 1.54) is 0 Å². The Balaban J connectivity index is 1.71. The van der Waals surface area contributed by atoms with Crippen molar-refractivity contribution in [3.63, 3.8) is 0 Å². The number of hydrogen-bond acceptors (Lipinski definition) is 5. The number of nitrogens with zero attached hydrogens (tertiary/aromatic N) is 3. The lowest BCUT2D eigenvalue weighted by Gasteiger charge is -2.37. The van der Waals surface area contributed by atoms with Crippen LogP contribution in [-0.2, 0) is 9.92 Å². The van der Waals surface area contributed by atoms with Crippen molar-refractivity contribution in [2.24, 2.45) is 4.03 Å². The number of hydrogen-bond donors (Lipinski definition) is 0. The van der Waals surface area contributed by atoms with Crippen molar-refractivity contribution in [1.29, 1.82) is 0 Å². The van der Waals surface area contributed by atoms with E-state index in [0.717, 1.165) is 48.3 Å². The van der Waals surface area contributed by atoms with Crippen molar-refractivity contribution in [2.75, 3.05) is 26.5 Å². The summed E-state index contributed by atoms with van der Waals surface area (Å²) < 4.78 is 32.1. The molecule has 1 aromatic heterocycles. The van der Waals surface area contributed by atoms with Crippen molar-refractivity contribution in [2.45, 2.75) is 57.8 Å². The summed E-state index contributed by atoms with van der Waals surface area (Å²) in [6.45, 7) is 12.5. The van der Waals surface area contributed by atoms with Crippen molar-refractivity contribution in [3.05, 3.63) is 30.5 Å². The molecule has 0 bridgehead atoms. The van der Waals surface area contributed by atoms with Crippen molar-refractivity contribution >= 4 is 29.1 Å². The van der Waals surface area contributed by atoms with E-state index in [2.05, 4.69) is 43.2 Å². The monoisotopic (exact) mass is 449 g/mol. The van der Waals surface area contributed by atoms with Crippen molar-refractivity contribution < 1.29 is 13.7 Å². The molecule has 1 unspecified atom stereocenters. The summed E-state index contributed by atoms with van der Waals surface area (Å²) in [6, 6.07) is 7.74. The minimum atomic E-state index is -2.37. The fourth-order valence-corrected chi connectivity index (χ4v) is 9.25. The van der Waals surface area contributed by atoms with Gasteiger partial charge in [-0.1, -0.05) is 20.8 Å². The maximum atomic E-state index is 13.4. The molecule has 166 valence electrons. The number of fused-ring (bicyclic) bond motifs is 1. The molecule has 2 heterocycles. The number of methoxy groups -OCH3 is 1. The molecule has 1 fully saturated rings. The smallest absolute Gasteiger partial charge is 0.194 e. The number of rotatable bonds is 5. The maximum Gasteiger partial charge on any atom is 0.194 e. The van der Waals surface area contributed by atoms with E-state index in [-0.39, 0.29) is 11.1 Å². The molecule has 1 aliphatic heterocycles. The third-order valence-corrected chi connectivity index (χ3v) is 14.5. The molecule has 0 radical (unpaired) electrons. The molecule has 1 atom stereocenters. The van der Waals surface area contributed by atoms with E-state index in [9.17, 15) is 4.21 Å². The Bertz CT molecular complexity index is 1020. The Hall–Kier alpha value is -1.64. The van der Waals surface area contributed by atoms with Gasteiger partial charge in [-0.15, -0.1) is 0 Å². The van der Waals surface area contributed by atoms with E-state index in [1.807, 2.05) is 24.3 Å². The molecule has 1 saturated heterocycles. The van der Waals surface area contributed by atoms with Gasteiger partial charge in [0, 0.05) is 37.0 Å². The molecule has 0 amide bonds. The number of aromatic nitrogens is 1. The Morgan fingerprint density at radius 2 is 1.87 bits per heavy atom. The maximum absolute atomic E-state index is 13.4. The van der Waals surface area contributed by atoms with Crippen LogP contribution in [0.4, 0.5) is 0 Å². The van der Waals surface area contributed by atoms with Crippen molar-refractivity contribution in [1.82, 2.24) is 9.29 Å². The molecular formula is C22H35N3O3SSi. The van der Waals surface area contributed by atoms with E-state index in [4.69, 9.17) is 13.5 Å². The second kappa shape index (κ2) is 8.47. The Labute approximate surface area is 182 Å². The molecule has 2 aromatic rings. The van der Waals surface area contributed by atoms with Gasteiger partial charge in [-0.25, -0.2) is 8.51 Å². The molecule has 0 saturated carbocycles. The molecule has 0 spiro atoms. The topological polar surface area (TPSA) is 64.0 Å². The van der Waals surface area contributed by atoms with Crippen LogP contribution in [0.3, 0.4) is 0 Å². The van der Waals surface area contributed by atoms with Gasteiger partial charge >= 0.3 is 0 Å². The van der Waals surface area contributed by atoms with Gasteiger partial charge in [-0.3, -0.25) is 9.01 Å². The largest absolute Gasteiger partial charge is 0.497 e. The van der Waals surface area contributed by atoms with Gasteiger partial charge in [0.1, 0.15) is 17.6 Å². The number of ether oxygens (including phenoxy) is 2. The first-order valence-corrected chi connectivity index (χ1v) is 15.3. The van der Waals surface area contributed by atoms with Crippen LogP contribution in [0.2, 0.25) is 18.1 Å². The van der Waals surface area contributed by atoms with Crippen LogP contribution in [0, 0.1) is 0 Å². The number of pyridine rings is 1. The molecule has 30 heavy (non-hydrogen) atoms. The van der Waals surface area contributed by atoms with Crippen molar-refractivity contribution in [3.8, 4) is 11.5 Å². The Kier molecular flexibility index (Phi) is 6.50. The van der Waals surface area contributed by atoms with E-state index in [1.54, 1.807) is 19.6 Å². The Morgan fingerprint density at radius 1 is 1.20 bits per heavy atom. The molecule has 0 N–H and O–H groups in total. The second-order valence-electron chi connectivity index (χ2n) is 9.60. The average molecular weight is 450 g/mol. The summed E-state index contributed by atoms with van der Waals surface area (Å²) in [4.78, 5) is 4.43. The molecule has 1 aliphatic rings. The summed E-state index contributed by atoms with van der Waals surface area (Å²) in [5.74, 6) is 1.62. The summed E-state index contributed by atoms with van der Waals surface area (Å²) in [6.07, 6.45) is 5.33. The molecular weight excluding hydrogens is 414 g/mol. The van der Waals surface area contributed by atoms with E-state index < -0.39 is 18.2 Å². The molecule has 0 aliphatic carbocycles. The highest BCUT2D eigenvalue weighted by atomic mass is 32.2. The first-order valence-electron chi connectivity index (χ1n) is 10.5. The van der Waals surface area contributed by atoms with E-state index >= 15 is 0 Å². The highest BCUT2D eigenvalue weighted by Crippen LogP contribution is 2.38. The zero-order valence-corrected chi connectivity index (χ0v) is 21.1. The first-order chi connectivity index (χ1) is 13.9. The molecule has 6 nitrogen and oxygen atoms in total. The number of piperidine rings is 1. The lowest BCUT2D eigenvalue weighted by atomic mass is 10.1. The molecule has 1 aromatic carbocycles. The lowest BCUT2D eigenvalue weighted by Crippen LogP contribution is -2.44. The van der Waals surface area contributed by atoms with Crippen LogP contribution < -0.4 is 9.47 Å². The normalized spacial score (nSPS) is 18.8. The molecule has 3 rings (SSSR count). The standard InChI is InChI=1S/C22H35N3O3SSi/c1-22(2,3)30(6,7)24-29(5,26)25-14-11-17(12-15-25)28-21-10-13-23-20-16-18(27-4)8-9-19(20)21/h8-10,13,16-17H,11-12,14-15H2,1-7H3. The van der Waals surface area contributed by atoms with Crippen LogP contribution in [0.5, 0.6) is 11.5 Å². The first kappa shape index (κ1) is 23.0. The van der Waals surface area contributed by atoms with Gasteiger partial charge in [-0.2, -0.15) is 0 Å². The summed E-state index contributed by atoms with van der Waals surface area (Å²) in [7, 11) is -2.70. The van der Waals surface area contributed by atoms with Gasteiger partial charge < -0.3 is 9.47 Å². The van der Waals surface area contributed by atoms with Crippen LogP contribution >= 0.6 is 0 Å². The highest BCUT2D eigenvalue weighted by molar-refractivity contribution is 7.91. The minimum absolute atomic E-state index is 0.0815. The van der Waals surface area contributed by atoms with Gasteiger partial charge in [0.05, 0.1) is 22.5 Å². The third-order valence-electron chi connectivity index (χ3n) is 6.32. The lowest BCUT2D eigenvalue weighted by molar-refractivity contribution is 0.138. The second-order valence-corrected chi connectivity index (χ2v) is 17.0. The summed E-state index contributed by atoms with van der Waals surface area (Å²) in [5.41, 5.74) is 0.856. The van der Waals surface area contributed by atoms with Crippen LogP contribution in [0.1, 0.15) is 33.6 Å². The van der Waals surface area contributed by atoms with Crippen LogP contribution in [0.15, 0.2) is 34.5 Å². The predicted octanol–water partition coefficient (Wildman–Crippen LogP) is 5.10. The van der Waals surface area contributed by atoms with Gasteiger partial charge in [0.2, 0.25) is 0 Å².